The fourth-order valence-corrected chi connectivity index (χ4v) is 5.67. The third-order valence-corrected chi connectivity index (χ3v) is 6.72. The van der Waals surface area contributed by atoms with Crippen molar-refractivity contribution < 1.29 is 18.1 Å². The van der Waals surface area contributed by atoms with Crippen molar-refractivity contribution in [3.05, 3.63) is 64.2 Å². The number of benzene rings is 2. The second-order valence-corrected chi connectivity index (χ2v) is 9.00. The van der Waals surface area contributed by atoms with Crippen LogP contribution in [-0.4, -0.2) is 43.0 Å². The zero-order valence-corrected chi connectivity index (χ0v) is 15.3. The Morgan fingerprint density at radius 3 is 1.81 bits per heavy atom. The molecule has 2 aliphatic heterocycles. The maximum absolute atomic E-state index is 13.2. The molecule has 0 unspecified atom stereocenters. The molecule has 0 aromatic heterocycles. The Labute approximate surface area is 156 Å². The highest BCUT2D eigenvalue weighted by molar-refractivity contribution is 7.91. The minimum absolute atomic E-state index is 0.0867. The van der Waals surface area contributed by atoms with Gasteiger partial charge < -0.3 is 0 Å². The largest absolute Gasteiger partial charge is 0.329 e. The number of fused-ring (bicyclic) bond motifs is 1. The van der Waals surface area contributed by atoms with Crippen molar-refractivity contribution in [2.24, 2.45) is 0 Å². The van der Waals surface area contributed by atoms with Crippen LogP contribution in [0.2, 0.25) is 0 Å². The standard InChI is InChI=1S/C18H17N3O5S/c1-12-2-4-13(5-3-12)19-16-10-27(25,26)11-17(16)20(18(19)22)14-6-8-15(9-7-14)21(23)24/h2-9,16-17H,10-11H2,1H3/t16-,17-/m1/s1. The number of non-ortho nitro benzene ring substituents is 1. The molecule has 2 aromatic carbocycles. The van der Waals surface area contributed by atoms with E-state index < -0.39 is 26.8 Å². The van der Waals surface area contributed by atoms with Crippen LogP contribution in [0.25, 0.3) is 0 Å². The Kier molecular flexibility index (Phi) is 3.92. The molecule has 8 nitrogen and oxygen atoms in total. The number of amides is 2. The number of rotatable bonds is 3. The molecule has 140 valence electrons. The predicted molar refractivity (Wildman–Crippen MR) is 101 cm³/mol. The van der Waals surface area contributed by atoms with Crippen molar-refractivity contribution in [3.63, 3.8) is 0 Å². The van der Waals surface area contributed by atoms with Gasteiger partial charge in [-0.2, -0.15) is 0 Å². The lowest BCUT2D eigenvalue weighted by molar-refractivity contribution is -0.384. The number of urea groups is 1. The van der Waals surface area contributed by atoms with Gasteiger partial charge in [-0.25, -0.2) is 13.2 Å². The predicted octanol–water partition coefficient (Wildman–Crippen LogP) is 2.52. The van der Waals surface area contributed by atoms with Crippen LogP contribution in [0.1, 0.15) is 5.56 Å². The van der Waals surface area contributed by atoms with Crippen LogP contribution >= 0.6 is 0 Å². The van der Waals surface area contributed by atoms with Crippen LogP contribution in [0.15, 0.2) is 48.5 Å². The molecule has 0 N–H and O–H groups in total. The average molecular weight is 387 g/mol. The van der Waals surface area contributed by atoms with Crippen molar-refractivity contribution in [1.82, 2.24) is 0 Å². The fourth-order valence-electron chi connectivity index (χ4n) is 3.75. The molecule has 0 saturated carbocycles. The van der Waals surface area contributed by atoms with E-state index in [0.717, 1.165) is 5.56 Å². The van der Waals surface area contributed by atoms with E-state index in [9.17, 15) is 23.3 Å². The molecule has 2 heterocycles. The molecule has 0 spiro atoms. The first-order valence-electron chi connectivity index (χ1n) is 8.41. The summed E-state index contributed by atoms with van der Waals surface area (Å²) in [5.74, 6) is -0.219. The summed E-state index contributed by atoms with van der Waals surface area (Å²) < 4.78 is 24.5. The molecular formula is C18H17N3O5S. The van der Waals surface area contributed by atoms with Crippen LogP contribution in [0.5, 0.6) is 0 Å². The summed E-state index contributed by atoms with van der Waals surface area (Å²) in [6.07, 6.45) is 0. The van der Waals surface area contributed by atoms with E-state index in [-0.39, 0.29) is 23.2 Å². The molecular weight excluding hydrogens is 370 g/mol. The summed E-state index contributed by atoms with van der Waals surface area (Å²) in [6, 6.07) is 11.6. The van der Waals surface area contributed by atoms with Gasteiger partial charge in [0.2, 0.25) is 0 Å². The lowest BCUT2D eigenvalue weighted by Gasteiger charge is -2.22. The van der Waals surface area contributed by atoms with Gasteiger partial charge in [0.15, 0.2) is 9.84 Å². The number of sulfone groups is 1. The van der Waals surface area contributed by atoms with E-state index in [1.54, 1.807) is 12.1 Å². The lowest BCUT2D eigenvalue weighted by Crippen LogP contribution is -2.37. The molecule has 2 amide bonds. The number of hydrogen-bond acceptors (Lipinski definition) is 5. The molecule has 2 saturated heterocycles. The molecule has 2 fully saturated rings. The second kappa shape index (κ2) is 6.05. The van der Waals surface area contributed by atoms with Crippen molar-refractivity contribution in [1.29, 1.82) is 0 Å². The monoisotopic (exact) mass is 387 g/mol. The highest BCUT2D eigenvalue weighted by Crippen LogP contribution is 2.38. The van der Waals surface area contributed by atoms with Crippen LogP contribution in [0.3, 0.4) is 0 Å². The maximum atomic E-state index is 13.2. The summed E-state index contributed by atoms with van der Waals surface area (Å²) in [5.41, 5.74) is 2.04. The molecule has 4 rings (SSSR count). The molecule has 2 atom stereocenters. The Morgan fingerprint density at radius 1 is 0.926 bits per heavy atom. The zero-order chi connectivity index (χ0) is 19.3. The van der Waals surface area contributed by atoms with Gasteiger partial charge in [0.05, 0.1) is 28.5 Å². The maximum Gasteiger partial charge on any atom is 0.329 e. The number of hydrogen-bond donors (Lipinski definition) is 0. The highest BCUT2D eigenvalue weighted by Gasteiger charge is 2.54. The number of nitrogens with zero attached hydrogens (tertiary/aromatic N) is 3. The third-order valence-electron chi connectivity index (χ3n) is 5.02. The highest BCUT2D eigenvalue weighted by atomic mass is 32.2. The van der Waals surface area contributed by atoms with Gasteiger partial charge in [-0.15, -0.1) is 0 Å². The summed E-state index contributed by atoms with van der Waals surface area (Å²) in [4.78, 5) is 26.5. The Morgan fingerprint density at radius 2 is 1.37 bits per heavy atom. The number of aryl methyl sites for hydroxylation is 1. The molecule has 2 aliphatic rings. The number of nitro benzene ring substituents is 1. The molecule has 2 aromatic rings. The van der Waals surface area contributed by atoms with Crippen molar-refractivity contribution in [2.45, 2.75) is 19.0 Å². The Hall–Kier alpha value is -2.94. The number of carbonyl (C=O) groups is 1. The van der Waals surface area contributed by atoms with Gasteiger partial charge in [-0.1, -0.05) is 17.7 Å². The zero-order valence-electron chi connectivity index (χ0n) is 14.5. The molecule has 9 heteroatoms. The summed E-state index contributed by atoms with van der Waals surface area (Å²) in [7, 11) is -3.28. The topological polar surface area (TPSA) is 101 Å². The Bertz CT molecular complexity index is 1020. The van der Waals surface area contributed by atoms with Gasteiger partial charge in [0.1, 0.15) is 0 Å². The molecule has 27 heavy (non-hydrogen) atoms. The van der Waals surface area contributed by atoms with E-state index in [1.165, 1.54) is 34.1 Å². The van der Waals surface area contributed by atoms with E-state index in [2.05, 4.69) is 0 Å². The minimum Gasteiger partial charge on any atom is -0.288 e. The average Bonchev–Trinajstić information content (AvgIpc) is 3.05. The molecule has 0 aliphatic carbocycles. The fraction of sp³-hybridized carbons (Fsp3) is 0.278. The number of carbonyl (C=O) groups excluding carboxylic acids is 1. The van der Waals surface area contributed by atoms with Crippen LogP contribution < -0.4 is 9.80 Å². The molecule has 0 radical (unpaired) electrons. The summed E-state index contributed by atoms with van der Waals surface area (Å²) in [5, 5.41) is 10.9. The van der Waals surface area contributed by atoms with E-state index in [0.29, 0.717) is 11.4 Å². The van der Waals surface area contributed by atoms with Gasteiger partial charge in [0, 0.05) is 23.5 Å². The Balaban J connectivity index is 1.76. The summed E-state index contributed by atoms with van der Waals surface area (Å²) in [6.45, 7) is 1.93. The van der Waals surface area contributed by atoms with Gasteiger partial charge in [-0.05, 0) is 31.2 Å². The van der Waals surface area contributed by atoms with Crippen LogP contribution in [-0.2, 0) is 9.84 Å². The van der Waals surface area contributed by atoms with Crippen LogP contribution in [0, 0.1) is 17.0 Å². The third kappa shape index (κ3) is 2.93. The first-order chi connectivity index (χ1) is 12.8. The molecule has 0 bridgehead atoms. The van der Waals surface area contributed by atoms with E-state index >= 15 is 0 Å². The van der Waals surface area contributed by atoms with Crippen molar-refractivity contribution in [3.8, 4) is 0 Å². The van der Waals surface area contributed by atoms with E-state index in [4.69, 9.17) is 0 Å². The minimum atomic E-state index is -3.28. The number of nitro groups is 1. The first-order valence-corrected chi connectivity index (χ1v) is 10.2. The van der Waals surface area contributed by atoms with Gasteiger partial charge >= 0.3 is 6.03 Å². The quantitative estimate of drug-likeness (QED) is 0.458. The van der Waals surface area contributed by atoms with Crippen molar-refractivity contribution in [2.75, 3.05) is 21.3 Å². The van der Waals surface area contributed by atoms with Gasteiger partial charge in [-0.3, -0.25) is 19.9 Å². The smallest absolute Gasteiger partial charge is 0.288 e. The normalized spacial score (nSPS) is 23.5. The second-order valence-electron chi connectivity index (χ2n) is 6.84. The van der Waals surface area contributed by atoms with Crippen molar-refractivity contribution >= 4 is 32.9 Å². The van der Waals surface area contributed by atoms with E-state index in [1.807, 2.05) is 19.1 Å². The first kappa shape index (κ1) is 17.5. The lowest BCUT2D eigenvalue weighted by atomic mass is 10.1. The van der Waals surface area contributed by atoms with Crippen LogP contribution in [0.4, 0.5) is 21.9 Å². The van der Waals surface area contributed by atoms with Gasteiger partial charge in [0.25, 0.3) is 5.69 Å². The SMILES string of the molecule is Cc1ccc(N2C(=O)N(c3ccc([N+](=O)[O-])cc3)[C@@H]3CS(=O)(=O)C[C@H]32)cc1. The number of anilines is 2. The summed E-state index contributed by atoms with van der Waals surface area (Å²) >= 11 is 0.